The first-order valence-electron chi connectivity index (χ1n) is 8.22. The van der Waals surface area contributed by atoms with Gasteiger partial charge in [0.2, 0.25) is 0 Å². The number of hydrazone groups is 1. The first-order chi connectivity index (χ1) is 12.0. The van der Waals surface area contributed by atoms with Crippen molar-refractivity contribution >= 4 is 18.2 Å². The van der Waals surface area contributed by atoms with Gasteiger partial charge in [0.05, 0.1) is 6.21 Å². The van der Waals surface area contributed by atoms with Crippen LogP contribution in [-0.4, -0.2) is 18.7 Å². The van der Waals surface area contributed by atoms with Crippen LogP contribution in [0.4, 0.5) is 0 Å². The fraction of sp³-hybridized carbons (Fsp3) is 0.238. The van der Waals surface area contributed by atoms with Crippen molar-refractivity contribution < 1.29 is 9.53 Å². The Morgan fingerprint density at radius 3 is 2.48 bits per heavy atom. The SMILES string of the molecule is CC(/C=N/NC(=O)COc1c(C)ccc(C)c1C)=C\c1ccccc1. The minimum absolute atomic E-state index is 0.0656. The summed E-state index contributed by atoms with van der Waals surface area (Å²) in [6, 6.07) is 14.0. The van der Waals surface area contributed by atoms with Gasteiger partial charge in [-0.2, -0.15) is 5.10 Å². The zero-order valence-corrected chi connectivity index (χ0v) is 15.2. The Morgan fingerprint density at radius 2 is 1.76 bits per heavy atom. The minimum Gasteiger partial charge on any atom is -0.483 e. The number of benzene rings is 2. The Morgan fingerprint density at radius 1 is 1.08 bits per heavy atom. The van der Waals surface area contributed by atoms with Crippen LogP contribution in [0.25, 0.3) is 6.08 Å². The maximum Gasteiger partial charge on any atom is 0.277 e. The molecule has 0 atom stereocenters. The van der Waals surface area contributed by atoms with Crippen LogP contribution >= 0.6 is 0 Å². The van der Waals surface area contributed by atoms with Crippen molar-refractivity contribution in [1.29, 1.82) is 0 Å². The number of nitrogens with one attached hydrogen (secondary N) is 1. The molecule has 0 aliphatic heterocycles. The van der Waals surface area contributed by atoms with Gasteiger partial charge in [-0.1, -0.05) is 48.5 Å². The summed E-state index contributed by atoms with van der Waals surface area (Å²) in [4.78, 5) is 11.9. The molecule has 0 fully saturated rings. The van der Waals surface area contributed by atoms with Crippen molar-refractivity contribution in [3.8, 4) is 5.75 Å². The molecule has 130 valence electrons. The number of carbonyl (C=O) groups excluding carboxylic acids is 1. The van der Waals surface area contributed by atoms with Crippen molar-refractivity contribution in [3.05, 3.63) is 70.3 Å². The fourth-order valence-corrected chi connectivity index (χ4v) is 2.37. The van der Waals surface area contributed by atoms with Gasteiger partial charge in [-0.05, 0) is 55.5 Å². The molecule has 0 saturated heterocycles. The molecular weight excluding hydrogens is 312 g/mol. The Kier molecular flexibility index (Phi) is 6.52. The van der Waals surface area contributed by atoms with E-state index in [4.69, 9.17) is 4.74 Å². The second kappa shape index (κ2) is 8.83. The zero-order valence-electron chi connectivity index (χ0n) is 15.2. The third-order valence-electron chi connectivity index (χ3n) is 3.87. The maximum atomic E-state index is 11.9. The van der Waals surface area contributed by atoms with Gasteiger partial charge in [0.15, 0.2) is 6.61 Å². The highest BCUT2D eigenvalue weighted by molar-refractivity contribution is 5.86. The molecule has 0 spiro atoms. The summed E-state index contributed by atoms with van der Waals surface area (Å²) in [5, 5.41) is 3.97. The van der Waals surface area contributed by atoms with Crippen LogP contribution in [0.5, 0.6) is 5.75 Å². The summed E-state index contributed by atoms with van der Waals surface area (Å²) in [5.41, 5.74) is 7.73. The third-order valence-corrected chi connectivity index (χ3v) is 3.87. The number of hydrogen-bond acceptors (Lipinski definition) is 3. The van der Waals surface area contributed by atoms with Crippen LogP contribution in [0.2, 0.25) is 0 Å². The van der Waals surface area contributed by atoms with E-state index in [1.54, 1.807) is 6.21 Å². The number of hydrogen-bond donors (Lipinski definition) is 1. The molecule has 4 heteroatoms. The molecule has 0 unspecified atom stereocenters. The second-order valence-corrected chi connectivity index (χ2v) is 6.03. The highest BCUT2D eigenvalue weighted by Gasteiger charge is 2.08. The summed E-state index contributed by atoms with van der Waals surface area (Å²) in [6.45, 7) is 7.84. The number of amides is 1. The molecule has 0 aromatic heterocycles. The van der Waals surface area contributed by atoms with Gasteiger partial charge in [0.25, 0.3) is 5.91 Å². The van der Waals surface area contributed by atoms with E-state index >= 15 is 0 Å². The van der Waals surface area contributed by atoms with Gasteiger partial charge in [0.1, 0.15) is 5.75 Å². The third kappa shape index (κ3) is 5.60. The monoisotopic (exact) mass is 336 g/mol. The number of nitrogens with zero attached hydrogens (tertiary/aromatic N) is 1. The molecular formula is C21H24N2O2. The molecule has 0 saturated carbocycles. The van der Waals surface area contributed by atoms with Crippen LogP contribution in [0.3, 0.4) is 0 Å². The Bertz CT molecular complexity index is 793. The molecule has 0 bridgehead atoms. The predicted molar refractivity (Wildman–Crippen MR) is 103 cm³/mol. The molecule has 0 aliphatic carbocycles. The Balaban J connectivity index is 1.87. The van der Waals surface area contributed by atoms with Gasteiger partial charge in [-0.3, -0.25) is 4.79 Å². The topological polar surface area (TPSA) is 50.7 Å². The summed E-state index contributed by atoms with van der Waals surface area (Å²) in [6.07, 6.45) is 3.61. The molecule has 1 amide bonds. The van der Waals surface area contributed by atoms with E-state index in [2.05, 4.69) is 10.5 Å². The van der Waals surface area contributed by atoms with Crippen molar-refractivity contribution in [3.63, 3.8) is 0 Å². The number of allylic oxidation sites excluding steroid dienone is 1. The van der Waals surface area contributed by atoms with Crippen LogP contribution in [0.15, 0.2) is 53.1 Å². The van der Waals surface area contributed by atoms with E-state index in [1.165, 1.54) is 0 Å². The number of ether oxygens (including phenoxy) is 1. The summed E-state index contributed by atoms with van der Waals surface area (Å²) >= 11 is 0. The van der Waals surface area contributed by atoms with Gasteiger partial charge in [-0.15, -0.1) is 0 Å². The molecule has 1 N–H and O–H groups in total. The fourth-order valence-electron chi connectivity index (χ4n) is 2.37. The summed E-state index contributed by atoms with van der Waals surface area (Å²) < 4.78 is 5.66. The molecule has 2 aromatic rings. The highest BCUT2D eigenvalue weighted by atomic mass is 16.5. The average molecular weight is 336 g/mol. The van der Waals surface area contributed by atoms with Gasteiger partial charge < -0.3 is 4.74 Å². The van der Waals surface area contributed by atoms with Gasteiger partial charge in [-0.25, -0.2) is 5.43 Å². The summed E-state index contributed by atoms with van der Waals surface area (Å²) in [5.74, 6) is 0.475. The zero-order chi connectivity index (χ0) is 18.2. The lowest BCUT2D eigenvalue weighted by Crippen LogP contribution is -2.25. The predicted octanol–water partition coefficient (Wildman–Crippen LogP) is 4.20. The van der Waals surface area contributed by atoms with E-state index < -0.39 is 0 Å². The molecule has 2 rings (SSSR count). The molecule has 0 aliphatic rings. The van der Waals surface area contributed by atoms with Crippen molar-refractivity contribution in [1.82, 2.24) is 5.43 Å². The van der Waals surface area contributed by atoms with E-state index in [0.717, 1.165) is 33.6 Å². The lowest BCUT2D eigenvalue weighted by molar-refractivity contribution is -0.123. The molecule has 0 radical (unpaired) electrons. The molecule has 25 heavy (non-hydrogen) atoms. The van der Waals surface area contributed by atoms with Crippen molar-refractivity contribution in [2.24, 2.45) is 5.10 Å². The van der Waals surface area contributed by atoms with Crippen molar-refractivity contribution in [2.75, 3.05) is 6.61 Å². The largest absolute Gasteiger partial charge is 0.483 e. The van der Waals surface area contributed by atoms with Gasteiger partial charge >= 0.3 is 0 Å². The van der Waals surface area contributed by atoms with Crippen LogP contribution < -0.4 is 10.2 Å². The smallest absolute Gasteiger partial charge is 0.277 e. The normalized spacial score (nSPS) is 11.6. The van der Waals surface area contributed by atoms with Crippen LogP contribution in [0.1, 0.15) is 29.2 Å². The highest BCUT2D eigenvalue weighted by Crippen LogP contribution is 2.25. The molecule has 4 nitrogen and oxygen atoms in total. The summed E-state index contributed by atoms with van der Waals surface area (Å²) in [7, 11) is 0. The standard InChI is InChI=1S/C21H24N2O2/c1-15(12-19-8-6-5-7-9-19)13-22-23-20(24)14-25-21-17(3)11-10-16(2)18(21)4/h5-13H,14H2,1-4H3,(H,23,24)/b15-12+,22-13+. The minimum atomic E-state index is -0.288. The Labute approximate surface area is 149 Å². The second-order valence-electron chi connectivity index (χ2n) is 6.03. The first kappa shape index (κ1) is 18.5. The molecule has 0 heterocycles. The van der Waals surface area contributed by atoms with E-state index in [0.29, 0.717) is 0 Å². The number of aryl methyl sites for hydroxylation is 2. The number of rotatable bonds is 6. The quantitative estimate of drug-likeness (QED) is 0.635. The van der Waals surface area contributed by atoms with E-state index in [1.807, 2.05) is 76.2 Å². The molecule has 2 aromatic carbocycles. The van der Waals surface area contributed by atoms with Gasteiger partial charge in [0, 0.05) is 0 Å². The number of carbonyl (C=O) groups is 1. The lowest BCUT2D eigenvalue weighted by Gasteiger charge is -2.13. The first-order valence-corrected chi connectivity index (χ1v) is 8.22. The van der Waals surface area contributed by atoms with E-state index in [9.17, 15) is 4.79 Å². The van der Waals surface area contributed by atoms with Crippen LogP contribution in [-0.2, 0) is 4.79 Å². The van der Waals surface area contributed by atoms with Crippen LogP contribution in [0, 0.1) is 20.8 Å². The van der Waals surface area contributed by atoms with E-state index in [-0.39, 0.29) is 12.5 Å². The maximum absolute atomic E-state index is 11.9. The lowest BCUT2D eigenvalue weighted by atomic mass is 10.1. The Hall–Kier alpha value is -2.88. The average Bonchev–Trinajstić information content (AvgIpc) is 2.59. The van der Waals surface area contributed by atoms with Crippen molar-refractivity contribution in [2.45, 2.75) is 27.7 Å².